The lowest BCUT2D eigenvalue weighted by Crippen LogP contribution is -2.43. The number of anilines is 5. The second kappa shape index (κ2) is 9.83. The molecule has 1 saturated heterocycles. The Balaban J connectivity index is 1.43. The highest BCUT2D eigenvalue weighted by atomic mass is 16.2. The third kappa shape index (κ3) is 6.02. The van der Waals surface area contributed by atoms with Crippen LogP contribution in [0, 0.1) is 0 Å². The zero-order chi connectivity index (χ0) is 25.2. The van der Waals surface area contributed by atoms with Gasteiger partial charge in [0.1, 0.15) is 17.2 Å². The quantitative estimate of drug-likeness (QED) is 0.380. The van der Waals surface area contributed by atoms with Gasteiger partial charge in [-0.05, 0) is 78.0 Å². The molecular formula is C25H31N7O3. The highest BCUT2D eigenvalue weighted by molar-refractivity contribution is 5.95. The van der Waals surface area contributed by atoms with Gasteiger partial charge in [-0.25, -0.2) is 4.98 Å². The first-order chi connectivity index (χ1) is 16.6. The van der Waals surface area contributed by atoms with Crippen LogP contribution in [-0.4, -0.2) is 52.5 Å². The molecule has 1 aliphatic heterocycles. The predicted octanol–water partition coefficient (Wildman–Crippen LogP) is 2.59. The maximum atomic E-state index is 12.7. The Morgan fingerprint density at radius 1 is 1.03 bits per heavy atom. The van der Waals surface area contributed by atoms with Crippen LogP contribution in [0.25, 0.3) is 0 Å². The van der Waals surface area contributed by atoms with Crippen LogP contribution < -0.4 is 32.1 Å². The lowest BCUT2D eigenvalue weighted by Gasteiger charge is -2.29. The van der Waals surface area contributed by atoms with Gasteiger partial charge in [0, 0.05) is 29.0 Å². The minimum atomic E-state index is -0.590. The van der Waals surface area contributed by atoms with E-state index in [9.17, 15) is 14.4 Å². The normalized spacial score (nSPS) is 15.1. The Labute approximate surface area is 203 Å². The number of hydrogen-bond acceptors (Lipinski definition) is 9. The summed E-state index contributed by atoms with van der Waals surface area (Å²) in [7, 11) is 2.09. The summed E-state index contributed by atoms with van der Waals surface area (Å²) in [6.07, 6.45) is 3.41. The standard InChI is InChI=1S/C25H31N7O3/c1-25(2,3)31-20-19(21(33)22(20)34)29-18-8-11-26-24(30-18)28-17-7-5-6-15(14-17)23(35)27-16-9-12-32(4)13-10-16/h5-8,11,14,16,31H,9-10,12-13H2,1-4H3,(H,27,35)(H2,26,28,29,30). The summed E-state index contributed by atoms with van der Waals surface area (Å²) in [5, 5.41) is 12.2. The van der Waals surface area contributed by atoms with E-state index in [1.165, 1.54) is 6.20 Å². The number of rotatable bonds is 7. The first-order valence-corrected chi connectivity index (χ1v) is 11.7. The highest BCUT2D eigenvalue weighted by Crippen LogP contribution is 2.23. The fourth-order valence-electron chi connectivity index (χ4n) is 3.91. The number of nitrogens with one attached hydrogen (secondary N) is 4. The molecule has 0 aliphatic carbocycles. The summed E-state index contributed by atoms with van der Waals surface area (Å²) in [4.78, 5) is 47.7. The highest BCUT2D eigenvalue weighted by Gasteiger charge is 2.25. The first kappa shape index (κ1) is 24.3. The molecule has 2 heterocycles. The molecule has 1 aromatic heterocycles. The van der Waals surface area contributed by atoms with Crippen molar-refractivity contribution in [2.75, 3.05) is 36.1 Å². The average Bonchev–Trinajstić information content (AvgIpc) is 2.82. The molecule has 2 aromatic carbocycles. The van der Waals surface area contributed by atoms with Crippen molar-refractivity contribution in [1.82, 2.24) is 20.2 Å². The molecule has 0 atom stereocenters. The molecule has 10 nitrogen and oxygen atoms in total. The molecule has 0 radical (unpaired) electrons. The molecule has 1 aliphatic rings. The third-order valence-electron chi connectivity index (χ3n) is 5.75. The van der Waals surface area contributed by atoms with Gasteiger partial charge in [-0.2, -0.15) is 4.98 Å². The van der Waals surface area contributed by atoms with Gasteiger partial charge in [0.25, 0.3) is 16.8 Å². The molecule has 4 rings (SSSR count). The average molecular weight is 478 g/mol. The van der Waals surface area contributed by atoms with E-state index < -0.39 is 10.9 Å². The zero-order valence-corrected chi connectivity index (χ0v) is 20.4. The van der Waals surface area contributed by atoms with Crippen LogP contribution in [0.15, 0.2) is 46.1 Å². The lowest BCUT2D eigenvalue weighted by atomic mass is 10.0. The van der Waals surface area contributed by atoms with Crippen molar-refractivity contribution in [3.05, 3.63) is 62.5 Å². The van der Waals surface area contributed by atoms with Crippen LogP contribution in [0.5, 0.6) is 0 Å². The zero-order valence-electron chi connectivity index (χ0n) is 20.4. The molecule has 0 saturated carbocycles. The Morgan fingerprint density at radius 2 is 1.74 bits per heavy atom. The van der Waals surface area contributed by atoms with Crippen molar-refractivity contribution in [1.29, 1.82) is 0 Å². The van der Waals surface area contributed by atoms with Crippen molar-refractivity contribution in [2.24, 2.45) is 0 Å². The molecule has 0 spiro atoms. The minimum absolute atomic E-state index is 0.112. The monoisotopic (exact) mass is 477 g/mol. The Hall–Kier alpha value is -3.79. The van der Waals surface area contributed by atoms with Crippen LogP contribution in [0.2, 0.25) is 0 Å². The van der Waals surface area contributed by atoms with Crippen molar-refractivity contribution in [3.8, 4) is 0 Å². The number of carbonyl (C=O) groups is 1. The fourth-order valence-corrected chi connectivity index (χ4v) is 3.91. The van der Waals surface area contributed by atoms with Crippen molar-refractivity contribution >= 4 is 34.7 Å². The van der Waals surface area contributed by atoms with Crippen LogP contribution in [0.1, 0.15) is 44.0 Å². The molecular weight excluding hydrogens is 446 g/mol. The van der Waals surface area contributed by atoms with Crippen molar-refractivity contribution in [2.45, 2.75) is 45.2 Å². The Morgan fingerprint density at radius 3 is 2.46 bits per heavy atom. The van der Waals surface area contributed by atoms with Crippen LogP contribution in [-0.2, 0) is 0 Å². The van der Waals surface area contributed by atoms with Gasteiger partial charge >= 0.3 is 0 Å². The number of amides is 1. The maximum absolute atomic E-state index is 12.7. The SMILES string of the molecule is CN1CCC(NC(=O)c2cccc(Nc3nccc(Nc4c(NC(C)(C)C)c(=O)c4=O)n3)c2)CC1. The molecule has 184 valence electrons. The van der Waals surface area contributed by atoms with E-state index in [0.717, 1.165) is 25.9 Å². The van der Waals surface area contributed by atoms with Gasteiger partial charge in [0.2, 0.25) is 5.95 Å². The Bertz CT molecular complexity index is 1280. The summed E-state index contributed by atoms with van der Waals surface area (Å²) in [5.74, 6) is 0.535. The topological polar surface area (TPSA) is 128 Å². The number of piperidine rings is 1. The molecule has 4 N–H and O–H groups in total. The molecule has 3 aromatic rings. The number of nitrogens with zero attached hydrogens (tertiary/aromatic N) is 3. The van der Waals surface area contributed by atoms with Crippen LogP contribution >= 0.6 is 0 Å². The number of benzene rings is 1. The second-order valence-corrected chi connectivity index (χ2v) is 9.93. The summed E-state index contributed by atoms with van der Waals surface area (Å²) in [5.41, 5.74) is 0.119. The third-order valence-corrected chi connectivity index (χ3v) is 5.75. The molecule has 35 heavy (non-hydrogen) atoms. The van der Waals surface area contributed by atoms with E-state index in [1.807, 2.05) is 26.8 Å². The molecule has 0 unspecified atom stereocenters. The summed E-state index contributed by atoms with van der Waals surface area (Å²) >= 11 is 0. The summed E-state index contributed by atoms with van der Waals surface area (Å²) in [6, 6.07) is 8.91. The van der Waals surface area contributed by atoms with E-state index in [2.05, 4.69) is 43.2 Å². The van der Waals surface area contributed by atoms with E-state index in [0.29, 0.717) is 17.1 Å². The summed E-state index contributed by atoms with van der Waals surface area (Å²) in [6.45, 7) is 7.66. The smallest absolute Gasteiger partial charge is 0.253 e. The van der Waals surface area contributed by atoms with Crippen LogP contribution in [0.3, 0.4) is 0 Å². The first-order valence-electron chi connectivity index (χ1n) is 11.7. The van der Waals surface area contributed by atoms with E-state index in [-0.39, 0.29) is 34.8 Å². The summed E-state index contributed by atoms with van der Waals surface area (Å²) < 4.78 is 0. The lowest BCUT2D eigenvalue weighted by molar-refractivity contribution is 0.0917. The number of carbonyl (C=O) groups excluding carboxylic acids is 1. The van der Waals surface area contributed by atoms with Gasteiger partial charge in [-0.15, -0.1) is 0 Å². The van der Waals surface area contributed by atoms with Crippen LogP contribution in [0.4, 0.5) is 28.8 Å². The van der Waals surface area contributed by atoms with Gasteiger partial charge < -0.3 is 26.2 Å². The second-order valence-electron chi connectivity index (χ2n) is 9.93. The van der Waals surface area contributed by atoms with Crippen molar-refractivity contribution in [3.63, 3.8) is 0 Å². The number of likely N-dealkylation sites (tertiary alicyclic amines) is 1. The molecule has 1 amide bonds. The van der Waals surface area contributed by atoms with Crippen molar-refractivity contribution < 1.29 is 4.79 Å². The van der Waals surface area contributed by atoms with Gasteiger partial charge in [-0.1, -0.05) is 6.07 Å². The molecule has 0 bridgehead atoms. The number of hydrogen-bond donors (Lipinski definition) is 4. The minimum Gasteiger partial charge on any atom is -0.375 e. The van der Waals surface area contributed by atoms with Gasteiger partial charge in [0.05, 0.1) is 0 Å². The largest absolute Gasteiger partial charge is 0.375 e. The molecule has 1 fully saturated rings. The van der Waals surface area contributed by atoms with E-state index >= 15 is 0 Å². The predicted molar refractivity (Wildman–Crippen MR) is 138 cm³/mol. The maximum Gasteiger partial charge on any atom is 0.253 e. The molecule has 10 heteroatoms. The number of aromatic nitrogens is 2. The van der Waals surface area contributed by atoms with E-state index in [4.69, 9.17) is 0 Å². The van der Waals surface area contributed by atoms with E-state index in [1.54, 1.807) is 24.3 Å². The fraction of sp³-hybridized carbons (Fsp3) is 0.400. The van der Waals surface area contributed by atoms with Gasteiger partial charge in [0.15, 0.2) is 0 Å². The van der Waals surface area contributed by atoms with Gasteiger partial charge in [-0.3, -0.25) is 14.4 Å². The Kier molecular flexibility index (Phi) is 6.83.